The molecule has 0 bridgehead atoms. The molecule has 2 N–H and O–H groups in total. The van der Waals surface area contributed by atoms with Gasteiger partial charge in [-0.15, -0.1) is 0 Å². The lowest BCUT2D eigenvalue weighted by molar-refractivity contribution is -0.0234. The van der Waals surface area contributed by atoms with Gasteiger partial charge in [-0.2, -0.15) is 11.8 Å². The predicted octanol–water partition coefficient (Wildman–Crippen LogP) is 3.20. The van der Waals surface area contributed by atoms with Crippen LogP contribution in [-0.2, 0) is 5.75 Å². The first-order valence-corrected chi connectivity index (χ1v) is 8.81. The minimum absolute atomic E-state index is 0.249. The van der Waals surface area contributed by atoms with Crippen molar-refractivity contribution in [3.8, 4) is 0 Å². The molecule has 0 saturated heterocycles. The van der Waals surface area contributed by atoms with Gasteiger partial charge in [0.1, 0.15) is 5.76 Å². The molecule has 0 radical (unpaired) electrons. The second-order valence-electron chi connectivity index (χ2n) is 6.77. The van der Waals surface area contributed by atoms with Crippen molar-refractivity contribution in [2.24, 2.45) is 5.41 Å². The van der Waals surface area contributed by atoms with Crippen molar-refractivity contribution >= 4 is 17.7 Å². The molecule has 1 aliphatic carbocycles. The summed E-state index contributed by atoms with van der Waals surface area (Å²) in [6, 6.07) is 3.51. The van der Waals surface area contributed by atoms with Crippen molar-refractivity contribution in [1.29, 1.82) is 0 Å². The number of thioether (sulfide) groups is 1. The van der Waals surface area contributed by atoms with Crippen molar-refractivity contribution in [1.82, 2.24) is 5.32 Å². The molecule has 0 aliphatic heterocycles. The van der Waals surface area contributed by atoms with Crippen LogP contribution in [0.5, 0.6) is 0 Å². The summed E-state index contributed by atoms with van der Waals surface area (Å²) >= 11 is 1.65. The minimum atomic E-state index is -0.778. The molecule has 2 rings (SSSR count). The number of carbonyl (C=O) groups is 1. The quantitative estimate of drug-likeness (QED) is 0.876. The Labute approximate surface area is 130 Å². The molecule has 1 aromatic heterocycles. The van der Waals surface area contributed by atoms with E-state index in [0.717, 1.165) is 37.2 Å². The van der Waals surface area contributed by atoms with Crippen LogP contribution in [0.3, 0.4) is 0 Å². The Bertz CT molecular complexity index is 485. The van der Waals surface area contributed by atoms with Crippen molar-refractivity contribution < 1.29 is 14.3 Å². The lowest BCUT2D eigenvalue weighted by atomic mass is 9.71. The molecule has 21 heavy (non-hydrogen) atoms. The van der Waals surface area contributed by atoms with E-state index in [9.17, 15) is 9.90 Å². The summed E-state index contributed by atoms with van der Waals surface area (Å²) in [6.45, 7) is 4.74. The minimum Gasteiger partial charge on any atom is -0.455 e. The summed E-state index contributed by atoms with van der Waals surface area (Å²) in [5.74, 6) is 1.62. The molecular weight excluding hydrogens is 286 g/mol. The average Bonchev–Trinajstić information content (AvgIpc) is 2.90. The van der Waals surface area contributed by atoms with Crippen LogP contribution in [0.2, 0.25) is 0 Å². The zero-order valence-electron chi connectivity index (χ0n) is 13.1. The fourth-order valence-electron chi connectivity index (χ4n) is 2.62. The van der Waals surface area contributed by atoms with E-state index in [2.05, 4.69) is 19.2 Å². The van der Waals surface area contributed by atoms with Crippen LogP contribution in [0.25, 0.3) is 0 Å². The summed E-state index contributed by atoms with van der Waals surface area (Å²) in [7, 11) is 0. The van der Waals surface area contributed by atoms with Gasteiger partial charge in [0.15, 0.2) is 5.76 Å². The van der Waals surface area contributed by atoms with E-state index in [4.69, 9.17) is 4.42 Å². The van der Waals surface area contributed by atoms with Crippen LogP contribution in [0.4, 0.5) is 0 Å². The van der Waals surface area contributed by atoms with Gasteiger partial charge >= 0.3 is 0 Å². The molecule has 1 aromatic rings. The third-order valence-electron chi connectivity index (χ3n) is 4.28. The van der Waals surface area contributed by atoms with E-state index in [1.54, 1.807) is 17.8 Å². The van der Waals surface area contributed by atoms with E-state index < -0.39 is 5.60 Å². The largest absolute Gasteiger partial charge is 0.455 e. The van der Waals surface area contributed by atoms with Gasteiger partial charge in [-0.3, -0.25) is 4.79 Å². The smallest absolute Gasteiger partial charge is 0.287 e. The number of nitrogens with one attached hydrogen (secondary N) is 1. The monoisotopic (exact) mass is 311 g/mol. The Hall–Kier alpha value is -0.940. The molecule has 5 heteroatoms. The SMILES string of the molecule is CSCc1ccc(C(=O)NCC2(O)CCC(C)(C)CC2)o1. The Morgan fingerprint density at radius 3 is 2.62 bits per heavy atom. The first kappa shape index (κ1) is 16.4. The van der Waals surface area contributed by atoms with Crippen LogP contribution in [0.15, 0.2) is 16.5 Å². The summed E-state index contributed by atoms with van der Waals surface area (Å²) in [6.07, 6.45) is 5.42. The molecular formula is C16H25NO3S. The van der Waals surface area contributed by atoms with Gasteiger partial charge in [0.2, 0.25) is 0 Å². The lowest BCUT2D eigenvalue weighted by Crippen LogP contribution is -2.46. The number of amides is 1. The molecule has 1 saturated carbocycles. The van der Waals surface area contributed by atoms with Crippen LogP contribution < -0.4 is 5.32 Å². The van der Waals surface area contributed by atoms with E-state index in [-0.39, 0.29) is 5.91 Å². The fourth-order valence-corrected chi connectivity index (χ4v) is 3.06. The third-order valence-corrected chi connectivity index (χ3v) is 4.86. The highest BCUT2D eigenvalue weighted by Gasteiger charge is 2.36. The zero-order chi connectivity index (χ0) is 15.5. The van der Waals surface area contributed by atoms with Crippen molar-refractivity contribution in [2.75, 3.05) is 12.8 Å². The second kappa shape index (κ2) is 6.44. The second-order valence-corrected chi connectivity index (χ2v) is 7.64. The molecule has 1 heterocycles. The number of furan rings is 1. The average molecular weight is 311 g/mol. The van der Waals surface area contributed by atoms with Crippen molar-refractivity contribution in [3.63, 3.8) is 0 Å². The molecule has 4 nitrogen and oxygen atoms in total. The molecule has 0 unspecified atom stereocenters. The number of hydrogen-bond acceptors (Lipinski definition) is 4. The summed E-state index contributed by atoms with van der Waals surface area (Å²) in [4.78, 5) is 12.1. The van der Waals surface area contributed by atoms with E-state index in [1.165, 1.54) is 0 Å². The first-order chi connectivity index (χ1) is 9.84. The van der Waals surface area contributed by atoms with Gasteiger partial charge in [0.25, 0.3) is 5.91 Å². The topological polar surface area (TPSA) is 62.5 Å². The molecule has 118 valence electrons. The lowest BCUT2D eigenvalue weighted by Gasteiger charge is -2.40. The summed E-state index contributed by atoms with van der Waals surface area (Å²) in [5.41, 5.74) is -0.482. The zero-order valence-corrected chi connectivity index (χ0v) is 13.9. The van der Waals surface area contributed by atoms with E-state index in [1.807, 2.05) is 12.3 Å². The molecule has 0 aromatic carbocycles. The Morgan fingerprint density at radius 1 is 1.33 bits per heavy atom. The van der Waals surface area contributed by atoms with Crippen LogP contribution in [0, 0.1) is 5.41 Å². The first-order valence-electron chi connectivity index (χ1n) is 7.42. The van der Waals surface area contributed by atoms with Gasteiger partial charge in [-0.05, 0) is 49.5 Å². The Balaban J connectivity index is 1.85. The highest BCUT2D eigenvalue weighted by molar-refractivity contribution is 7.97. The summed E-state index contributed by atoms with van der Waals surface area (Å²) in [5, 5.41) is 13.3. The molecule has 1 fully saturated rings. The maximum Gasteiger partial charge on any atom is 0.287 e. The van der Waals surface area contributed by atoms with Crippen LogP contribution in [0.1, 0.15) is 55.8 Å². The van der Waals surface area contributed by atoms with Crippen molar-refractivity contribution in [2.45, 2.75) is 50.9 Å². The number of carbonyl (C=O) groups excluding carboxylic acids is 1. The maximum atomic E-state index is 12.1. The Morgan fingerprint density at radius 2 is 2.00 bits per heavy atom. The van der Waals surface area contributed by atoms with Crippen molar-refractivity contribution in [3.05, 3.63) is 23.7 Å². The standard InChI is InChI=1S/C16H25NO3S/c1-15(2)6-8-16(19,9-7-15)11-17-14(18)13-5-4-12(20-13)10-21-3/h4-5,19H,6-11H2,1-3H3,(H,17,18). The molecule has 0 spiro atoms. The third kappa shape index (κ3) is 4.51. The number of rotatable bonds is 5. The van der Waals surface area contributed by atoms with Crippen LogP contribution >= 0.6 is 11.8 Å². The molecule has 1 aliphatic rings. The summed E-state index contributed by atoms with van der Waals surface area (Å²) < 4.78 is 5.48. The van der Waals surface area contributed by atoms with E-state index in [0.29, 0.717) is 17.7 Å². The van der Waals surface area contributed by atoms with E-state index >= 15 is 0 Å². The fraction of sp³-hybridized carbons (Fsp3) is 0.688. The van der Waals surface area contributed by atoms with Gasteiger partial charge in [-0.25, -0.2) is 0 Å². The highest BCUT2D eigenvalue weighted by Crippen LogP contribution is 2.39. The Kier molecular flexibility index (Phi) is 5.04. The number of aliphatic hydroxyl groups is 1. The van der Waals surface area contributed by atoms with Gasteiger partial charge < -0.3 is 14.8 Å². The van der Waals surface area contributed by atoms with Gasteiger partial charge in [0.05, 0.1) is 11.4 Å². The van der Waals surface area contributed by atoms with Crippen LogP contribution in [-0.4, -0.2) is 29.4 Å². The van der Waals surface area contributed by atoms with Gasteiger partial charge in [0, 0.05) is 6.54 Å². The number of hydrogen-bond donors (Lipinski definition) is 2. The maximum absolute atomic E-state index is 12.1. The van der Waals surface area contributed by atoms with Gasteiger partial charge in [-0.1, -0.05) is 13.8 Å². The molecule has 0 atom stereocenters. The highest BCUT2D eigenvalue weighted by atomic mass is 32.2. The predicted molar refractivity (Wildman–Crippen MR) is 85.5 cm³/mol. The molecule has 1 amide bonds. The normalized spacial score (nSPS) is 20.2.